The Kier molecular flexibility index (Phi) is 7.11. The Morgan fingerprint density at radius 1 is 1.16 bits per heavy atom. The number of anilines is 2. The third kappa shape index (κ3) is 4.97. The molecule has 1 saturated heterocycles. The fourth-order valence-corrected chi connectivity index (χ4v) is 4.28. The molecule has 0 atom stereocenters. The minimum atomic E-state index is 0.496. The fraction of sp³-hybridized carbons (Fsp3) is 0.591. The van der Waals surface area contributed by atoms with Gasteiger partial charge >= 0.3 is 0 Å². The highest BCUT2D eigenvalue weighted by molar-refractivity contribution is 5.83. The number of methoxy groups -OCH3 is 1. The van der Waals surface area contributed by atoms with Crippen molar-refractivity contribution in [3.05, 3.63) is 30.2 Å². The maximum atomic E-state index is 5.18. The molecule has 0 bridgehead atoms. The zero-order valence-corrected chi connectivity index (χ0v) is 19.5. The van der Waals surface area contributed by atoms with E-state index in [-0.39, 0.29) is 0 Å². The Morgan fingerprint density at radius 2 is 1.97 bits per heavy atom. The predicted octanol–water partition coefficient (Wildman–Crippen LogP) is 1.93. The molecule has 0 amide bonds. The van der Waals surface area contributed by atoms with Crippen LogP contribution >= 0.6 is 0 Å². The summed E-state index contributed by atoms with van der Waals surface area (Å²) in [7, 11) is 5.68. The van der Waals surface area contributed by atoms with Crippen molar-refractivity contribution in [2.45, 2.75) is 32.2 Å². The maximum absolute atomic E-state index is 5.18. The average molecular weight is 440 g/mol. The number of likely N-dealkylation sites (N-methyl/N-ethyl adjacent to an activating group) is 1. The van der Waals surface area contributed by atoms with Gasteiger partial charge in [-0.2, -0.15) is 0 Å². The number of aromatic nitrogens is 6. The molecule has 0 radical (unpaired) electrons. The molecule has 32 heavy (non-hydrogen) atoms. The van der Waals surface area contributed by atoms with Gasteiger partial charge < -0.3 is 24.4 Å². The van der Waals surface area contributed by atoms with Crippen LogP contribution in [0.4, 0.5) is 11.6 Å². The van der Waals surface area contributed by atoms with Crippen molar-refractivity contribution >= 4 is 22.8 Å². The third-order valence-electron chi connectivity index (χ3n) is 6.15. The van der Waals surface area contributed by atoms with E-state index in [0.29, 0.717) is 12.5 Å². The summed E-state index contributed by atoms with van der Waals surface area (Å²) in [6.07, 6.45) is 5.67. The molecule has 10 heteroatoms. The van der Waals surface area contributed by atoms with E-state index >= 15 is 0 Å². The van der Waals surface area contributed by atoms with Crippen LogP contribution in [0.5, 0.6) is 0 Å². The summed E-state index contributed by atoms with van der Waals surface area (Å²) in [4.78, 5) is 27.3. The van der Waals surface area contributed by atoms with E-state index in [2.05, 4.69) is 53.2 Å². The topological polar surface area (TPSA) is 97.1 Å². The summed E-state index contributed by atoms with van der Waals surface area (Å²) < 4.78 is 7.19. The highest BCUT2D eigenvalue weighted by Crippen LogP contribution is 2.28. The summed E-state index contributed by atoms with van der Waals surface area (Å²) in [6.45, 7) is 7.33. The lowest BCUT2D eigenvalue weighted by molar-refractivity contribution is 0.188. The Morgan fingerprint density at radius 3 is 2.72 bits per heavy atom. The third-order valence-corrected chi connectivity index (χ3v) is 6.15. The van der Waals surface area contributed by atoms with E-state index in [0.717, 1.165) is 79.9 Å². The quantitative estimate of drug-likeness (QED) is 0.536. The molecule has 0 aliphatic carbocycles. The monoisotopic (exact) mass is 439 g/mol. The molecule has 0 spiro atoms. The summed E-state index contributed by atoms with van der Waals surface area (Å²) in [5.41, 5.74) is 2.84. The number of nitrogens with one attached hydrogen (secondary N) is 1. The van der Waals surface area contributed by atoms with E-state index in [4.69, 9.17) is 4.74 Å². The minimum absolute atomic E-state index is 0.496. The first-order valence-corrected chi connectivity index (χ1v) is 11.2. The van der Waals surface area contributed by atoms with Crippen LogP contribution in [0.25, 0.3) is 11.2 Å². The Labute approximate surface area is 189 Å². The highest BCUT2D eigenvalue weighted by atomic mass is 16.5. The number of piperidine rings is 1. The molecule has 10 nitrogen and oxygen atoms in total. The molecule has 3 aromatic heterocycles. The molecule has 3 aromatic rings. The number of imidazole rings is 1. The van der Waals surface area contributed by atoms with Crippen molar-refractivity contribution in [3.63, 3.8) is 0 Å². The maximum Gasteiger partial charge on any atom is 0.165 e. The molecule has 1 aliphatic heterocycles. The van der Waals surface area contributed by atoms with E-state index in [1.807, 2.05) is 24.9 Å². The van der Waals surface area contributed by atoms with Gasteiger partial charge in [0.15, 0.2) is 17.0 Å². The van der Waals surface area contributed by atoms with Crippen molar-refractivity contribution in [2.24, 2.45) is 0 Å². The first-order valence-electron chi connectivity index (χ1n) is 11.2. The number of rotatable bonds is 9. The van der Waals surface area contributed by atoms with Crippen LogP contribution < -0.4 is 10.2 Å². The fourth-order valence-electron chi connectivity index (χ4n) is 4.28. The van der Waals surface area contributed by atoms with Gasteiger partial charge in [0.25, 0.3) is 0 Å². The van der Waals surface area contributed by atoms with Crippen molar-refractivity contribution in [3.8, 4) is 0 Å². The number of aryl methyl sites for hydroxylation is 1. The normalized spacial score (nSPS) is 15.4. The lowest BCUT2D eigenvalue weighted by Gasteiger charge is -2.33. The van der Waals surface area contributed by atoms with Crippen molar-refractivity contribution < 1.29 is 4.74 Å². The van der Waals surface area contributed by atoms with Crippen molar-refractivity contribution in [1.29, 1.82) is 0 Å². The first-order chi connectivity index (χ1) is 15.6. The second kappa shape index (κ2) is 10.2. The molecule has 4 heterocycles. The molecule has 4 rings (SSSR count). The summed E-state index contributed by atoms with van der Waals surface area (Å²) in [6, 6.07) is 2.09. The van der Waals surface area contributed by atoms with Gasteiger partial charge in [0.2, 0.25) is 0 Å². The van der Waals surface area contributed by atoms with E-state index in [9.17, 15) is 0 Å². The average Bonchev–Trinajstić information content (AvgIpc) is 3.24. The van der Waals surface area contributed by atoms with Gasteiger partial charge in [-0.05, 0) is 32.9 Å². The molecule has 1 aliphatic rings. The van der Waals surface area contributed by atoms with E-state index in [1.54, 1.807) is 13.4 Å². The number of hydrogen-bond acceptors (Lipinski definition) is 9. The van der Waals surface area contributed by atoms with Gasteiger partial charge in [0.1, 0.15) is 18.0 Å². The van der Waals surface area contributed by atoms with Crippen LogP contribution in [-0.4, -0.2) is 88.4 Å². The molecular weight excluding hydrogens is 406 g/mol. The van der Waals surface area contributed by atoms with Crippen LogP contribution in [0.2, 0.25) is 0 Å². The predicted molar refractivity (Wildman–Crippen MR) is 125 cm³/mol. The van der Waals surface area contributed by atoms with Crippen LogP contribution in [0.15, 0.2) is 18.7 Å². The smallest absolute Gasteiger partial charge is 0.165 e. The number of ether oxygens (including phenoxy) is 1. The number of likely N-dealkylation sites (tertiary alicyclic amines) is 1. The highest BCUT2D eigenvalue weighted by Gasteiger charge is 2.23. The molecule has 0 saturated carbocycles. The number of hydrogen-bond donors (Lipinski definition) is 1. The second-order valence-electron chi connectivity index (χ2n) is 8.31. The second-order valence-corrected chi connectivity index (χ2v) is 8.31. The van der Waals surface area contributed by atoms with Gasteiger partial charge in [-0.25, -0.2) is 24.9 Å². The van der Waals surface area contributed by atoms with Gasteiger partial charge in [0, 0.05) is 58.5 Å². The zero-order chi connectivity index (χ0) is 22.5. The number of nitrogens with zero attached hydrogens (tertiary/aromatic N) is 8. The van der Waals surface area contributed by atoms with Crippen molar-refractivity contribution in [2.75, 3.05) is 64.2 Å². The standard InChI is InChI=1S/C22H33N9O/c1-16-27-18(13-19(23-2)28-16)17-5-7-30(8-6-17)10-9-29(3)21-20-22(25-14-24-21)31(15-26-20)11-12-32-4/h13-15,17H,5-12H2,1-4H3,(H,23,27,28). The molecule has 0 aromatic carbocycles. The molecule has 0 unspecified atom stereocenters. The molecular formula is C22H33N9O. The lowest BCUT2D eigenvalue weighted by Crippen LogP contribution is -2.38. The molecule has 1 N–H and O–H groups in total. The van der Waals surface area contributed by atoms with Gasteiger partial charge in [-0.15, -0.1) is 0 Å². The summed E-state index contributed by atoms with van der Waals surface area (Å²) in [5.74, 6) is 3.10. The number of fused-ring (bicyclic) bond motifs is 1. The van der Waals surface area contributed by atoms with E-state index < -0.39 is 0 Å². The van der Waals surface area contributed by atoms with Crippen LogP contribution in [0.1, 0.15) is 30.3 Å². The van der Waals surface area contributed by atoms with Crippen LogP contribution in [0.3, 0.4) is 0 Å². The van der Waals surface area contributed by atoms with Crippen molar-refractivity contribution in [1.82, 2.24) is 34.4 Å². The Hall–Kier alpha value is -2.85. The summed E-state index contributed by atoms with van der Waals surface area (Å²) >= 11 is 0. The Bertz CT molecular complexity index is 1030. The molecule has 172 valence electrons. The Balaban J connectivity index is 1.33. The van der Waals surface area contributed by atoms with Gasteiger partial charge in [-0.1, -0.05) is 0 Å². The minimum Gasteiger partial charge on any atom is -0.383 e. The van der Waals surface area contributed by atoms with Crippen LogP contribution in [0, 0.1) is 6.92 Å². The molecule has 1 fully saturated rings. The summed E-state index contributed by atoms with van der Waals surface area (Å²) in [5, 5.41) is 3.14. The van der Waals surface area contributed by atoms with Gasteiger partial charge in [0.05, 0.1) is 12.9 Å². The van der Waals surface area contributed by atoms with Gasteiger partial charge in [-0.3, -0.25) is 0 Å². The van der Waals surface area contributed by atoms with E-state index in [1.165, 1.54) is 0 Å². The van der Waals surface area contributed by atoms with Crippen LogP contribution in [-0.2, 0) is 11.3 Å². The largest absolute Gasteiger partial charge is 0.383 e. The SMILES string of the molecule is CNc1cc(C2CCN(CCN(C)c3ncnc4c3ncn4CCOC)CC2)nc(C)n1. The first kappa shape index (κ1) is 22.3. The lowest BCUT2D eigenvalue weighted by atomic mass is 9.93. The zero-order valence-electron chi connectivity index (χ0n) is 19.5.